The summed E-state index contributed by atoms with van der Waals surface area (Å²) in [4.78, 5) is 6.59. The molecule has 0 aliphatic rings. The summed E-state index contributed by atoms with van der Waals surface area (Å²) >= 11 is 0. The molecule has 5 heteroatoms. The first-order chi connectivity index (χ1) is 14.3. The lowest BCUT2D eigenvalue weighted by Gasteiger charge is -2.23. The number of ether oxygens (including phenoxy) is 2. The van der Waals surface area contributed by atoms with Crippen LogP contribution in [0.15, 0.2) is 77.7 Å². The molecule has 0 fully saturated rings. The third kappa shape index (κ3) is 4.25. The number of aromatic nitrogens is 1. The number of methoxy groups -OCH3 is 2. The SMILES string of the molecule is COc1ccc(CN(Cc2cccnc2)Cc2ccco2)c2c(OC)cccc12. The molecule has 0 atom stereocenters. The van der Waals surface area contributed by atoms with Crippen molar-refractivity contribution in [3.05, 3.63) is 90.1 Å². The Hall–Kier alpha value is -3.31. The van der Waals surface area contributed by atoms with Crippen LogP contribution in [0.25, 0.3) is 10.8 Å². The molecule has 0 bridgehead atoms. The van der Waals surface area contributed by atoms with Crippen LogP contribution in [0.3, 0.4) is 0 Å². The maximum atomic E-state index is 5.67. The van der Waals surface area contributed by atoms with Crippen molar-refractivity contribution in [1.82, 2.24) is 9.88 Å². The van der Waals surface area contributed by atoms with Gasteiger partial charge in [0.1, 0.15) is 17.3 Å². The van der Waals surface area contributed by atoms with Crippen LogP contribution < -0.4 is 9.47 Å². The average Bonchev–Trinajstić information content (AvgIpc) is 3.27. The number of fused-ring (bicyclic) bond motifs is 1. The third-order valence-corrected chi connectivity index (χ3v) is 4.97. The second kappa shape index (κ2) is 8.80. The van der Waals surface area contributed by atoms with Crippen molar-refractivity contribution in [1.29, 1.82) is 0 Å². The number of hydrogen-bond donors (Lipinski definition) is 0. The van der Waals surface area contributed by atoms with E-state index in [1.54, 1.807) is 26.7 Å². The normalized spacial score (nSPS) is 11.1. The lowest BCUT2D eigenvalue weighted by atomic mass is 10.0. The number of furan rings is 1. The minimum absolute atomic E-state index is 0.699. The molecule has 0 saturated heterocycles. The van der Waals surface area contributed by atoms with Crippen molar-refractivity contribution in [2.45, 2.75) is 19.6 Å². The molecular formula is C24H24N2O3. The Kier molecular flexibility index (Phi) is 5.77. The second-order valence-electron chi connectivity index (χ2n) is 6.90. The van der Waals surface area contributed by atoms with Gasteiger partial charge in [-0.05, 0) is 41.5 Å². The van der Waals surface area contributed by atoms with Gasteiger partial charge in [0, 0.05) is 36.3 Å². The van der Waals surface area contributed by atoms with E-state index in [0.717, 1.165) is 46.7 Å². The maximum Gasteiger partial charge on any atom is 0.127 e. The zero-order chi connectivity index (χ0) is 20.1. The second-order valence-corrected chi connectivity index (χ2v) is 6.90. The highest BCUT2D eigenvalue weighted by Gasteiger charge is 2.16. The average molecular weight is 388 g/mol. The van der Waals surface area contributed by atoms with Crippen LogP contribution >= 0.6 is 0 Å². The highest BCUT2D eigenvalue weighted by atomic mass is 16.5. The molecule has 0 spiro atoms. The quantitative estimate of drug-likeness (QED) is 0.423. The standard InChI is InChI=1S/C24H24N2O3/c1-27-22-11-10-19(24-21(22)8-3-9-23(24)28-2)16-26(17-20-7-5-13-29-20)15-18-6-4-12-25-14-18/h3-14H,15-17H2,1-2H3. The molecule has 0 unspecified atom stereocenters. The number of hydrogen-bond acceptors (Lipinski definition) is 5. The summed E-state index contributed by atoms with van der Waals surface area (Å²) in [5.41, 5.74) is 2.33. The van der Waals surface area contributed by atoms with Gasteiger partial charge in [-0.2, -0.15) is 0 Å². The van der Waals surface area contributed by atoms with Gasteiger partial charge in [-0.15, -0.1) is 0 Å². The summed E-state index contributed by atoms with van der Waals surface area (Å²) < 4.78 is 16.9. The van der Waals surface area contributed by atoms with Gasteiger partial charge in [-0.3, -0.25) is 9.88 Å². The number of benzene rings is 2. The molecular weight excluding hydrogens is 364 g/mol. The fraction of sp³-hybridized carbons (Fsp3) is 0.208. The highest BCUT2D eigenvalue weighted by molar-refractivity contribution is 5.95. The molecule has 148 valence electrons. The summed E-state index contributed by atoms with van der Waals surface area (Å²) in [5.74, 6) is 2.61. The smallest absolute Gasteiger partial charge is 0.127 e. The first-order valence-electron chi connectivity index (χ1n) is 9.54. The largest absolute Gasteiger partial charge is 0.496 e. The monoisotopic (exact) mass is 388 g/mol. The first kappa shape index (κ1) is 19.0. The van der Waals surface area contributed by atoms with E-state index in [9.17, 15) is 0 Å². The zero-order valence-electron chi connectivity index (χ0n) is 16.7. The highest BCUT2D eigenvalue weighted by Crippen LogP contribution is 2.35. The first-order valence-corrected chi connectivity index (χ1v) is 9.54. The van der Waals surface area contributed by atoms with Gasteiger partial charge in [-0.25, -0.2) is 0 Å². The lowest BCUT2D eigenvalue weighted by molar-refractivity contribution is 0.227. The number of nitrogens with zero attached hydrogens (tertiary/aromatic N) is 2. The predicted octanol–water partition coefficient (Wildman–Crippen LogP) is 5.05. The van der Waals surface area contributed by atoms with Crippen molar-refractivity contribution in [3.8, 4) is 11.5 Å². The van der Waals surface area contributed by atoms with Gasteiger partial charge in [0.2, 0.25) is 0 Å². The fourth-order valence-electron chi connectivity index (χ4n) is 3.68. The Morgan fingerprint density at radius 3 is 2.48 bits per heavy atom. The van der Waals surface area contributed by atoms with E-state index >= 15 is 0 Å². The molecule has 2 aromatic heterocycles. The third-order valence-electron chi connectivity index (χ3n) is 4.97. The Bertz CT molecular complexity index is 1060. The summed E-state index contributed by atoms with van der Waals surface area (Å²) in [6, 6.07) is 18.2. The molecule has 0 aliphatic heterocycles. The number of pyridine rings is 1. The minimum atomic E-state index is 0.699. The maximum absolute atomic E-state index is 5.67. The van der Waals surface area contributed by atoms with E-state index in [4.69, 9.17) is 13.9 Å². The fourth-order valence-corrected chi connectivity index (χ4v) is 3.68. The zero-order valence-corrected chi connectivity index (χ0v) is 16.7. The van der Waals surface area contributed by atoms with Crippen LogP contribution in [-0.4, -0.2) is 24.1 Å². The Labute approximate surface area is 170 Å². The predicted molar refractivity (Wildman–Crippen MR) is 113 cm³/mol. The van der Waals surface area contributed by atoms with E-state index in [1.807, 2.05) is 42.6 Å². The molecule has 0 radical (unpaired) electrons. The number of rotatable bonds is 8. The Balaban J connectivity index is 1.72. The van der Waals surface area contributed by atoms with E-state index < -0.39 is 0 Å². The van der Waals surface area contributed by atoms with Gasteiger partial charge in [0.05, 0.1) is 27.0 Å². The van der Waals surface area contributed by atoms with Crippen molar-refractivity contribution < 1.29 is 13.9 Å². The van der Waals surface area contributed by atoms with E-state index in [-0.39, 0.29) is 0 Å². The van der Waals surface area contributed by atoms with Crippen molar-refractivity contribution >= 4 is 10.8 Å². The van der Waals surface area contributed by atoms with Crippen molar-refractivity contribution in [2.24, 2.45) is 0 Å². The molecule has 2 heterocycles. The summed E-state index contributed by atoms with van der Waals surface area (Å²) in [6.45, 7) is 2.19. The van der Waals surface area contributed by atoms with Crippen LogP contribution in [0.2, 0.25) is 0 Å². The molecule has 2 aromatic carbocycles. The van der Waals surface area contributed by atoms with E-state index in [1.165, 1.54) is 5.56 Å². The Morgan fingerprint density at radius 2 is 1.76 bits per heavy atom. The van der Waals surface area contributed by atoms with Gasteiger partial charge in [0.25, 0.3) is 0 Å². The molecule has 0 saturated carbocycles. The van der Waals surface area contributed by atoms with Crippen LogP contribution in [0.4, 0.5) is 0 Å². The van der Waals surface area contributed by atoms with Crippen LogP contribution in [0.1, 0.15) is 16.9 Å². The molecule has 29 heavy (non-hydrogen) atoms. The molecule has 0 aliphatic carbocycles. The minimum Gasteiger partial charge on any atom is -0.496 e. The summed E-state index contributed by atoms with van der Waals surface area (Å²) in [5, 5.41) is 2.12. The van der Waals surface area contributed by atoms with Crippen molar-refractivity contribution in [3.63, 3.8) is 0 Å². The topological polar surface area (TPSA) is 47.7 Å². The van der Waals surface area contributed by atoms with Gasteiger partial charge in [-0.1, -0.05) is 24.3 Å². The molecule has 0 amide bonds. The molecule has 4 aromatic rings. The van der Waals surface area contributed by atoms with Gasteiger partial charge < -0.3 is 13.9 Å². The molecule has 4 rings (SSSR count). The lowest BCUT2D eigenvalue weighted by Crippen LogP contribution is -2.22. The molecule has 0 N–H and O–H groups in total. The van der Waals surface area contributed by atoms with E-state index in [2.05, 4.69) is 28.1 Å². The van der Waals surface area contributed by atoms with Crippen molar-refractivity contribution in [2.75, 3.05) is 14.2 Å². The van der Waals surface area contributed by atoms with Crippen LogP contribution in [0.5, 0.6) is 11.5 Å². The van der Waals surface area contributed by atoms with Gasteiger partial charge >= 0.3 is 0 Å². The van der Waals surface area contributed by atoms with E-state index in [0.29, 0.717) is 6.54 Å². The summed E-state index contributed by atoms with van der Waals surface area (Å²) in [7, 11) is 3.40. The van der Waals surface area contributed by atoms with Crippen LogP contribution in [0, 0.1) is 0 Å². The Morgan fingerprint density at radius 1 is 0.862 bits per heavy atom. The van der Waals surface area contributed by atoms with Gasteiger partial charge in [0.15, 0.2) is 0 Å². The van der Waals surface area contributed by atoms with Crippen LogP contribution in [-0.2, 0) is 19.6 Å². The summed E-state index contributed by atoms with van der Waals surface area (Å²) in [6.07, 6.45) is 5.41. The molecule has 5 nitrogen and oxygen atoms in total.